The highest BCUT2D eigenvalue weighted by molar-refractivity contribution is 5.91. The second kappa shape index (κ2) is 4.46. The minimum absolute atomic E-state index is 0.0217. The maximum absolute atomic E-state index is 12.2. The number of rotatable bonds is 0. The second-order valence-electron chi connectivity index (χ2n) is 8.58. The van der Waals surface area contributed by atoms with Crippen molar-refractivity contribution in [1.82, 2.24) is 0 Å². The van der Waals surface area contributed by atoms with Gasteiger partial charge in [-0.2, -0.15) is 0 Å². The molecule has 6 atom stereocenters. The number of hydrogen-bond donors (Lipinski definition) is 0. The van der Waals surface area contributed by atoms with Crippen LogP contribution in [-0.4, -0.2) is 18.4 Å². The fourth-order valence-electron chi connectivity index (χ4n) is 6.13. The first kappa shape index (κ1) is 14.5. The minimum Gasteiger partial charge on any atom is -0.465 e. The van der Waals surface area contributed by atoms with Gasteiger partial charge in [0, 0.05) is 12.3 Å². The molecule has 0 aromatic carbocycles. The Labute approximate surface area is 132 Å². The first-order chi connectivity index (χ1) is 10.4. The van der Waals surface area contributed by atoms with Gasteiger partial charge in [0.1, 0.15) is 0 Å². The topological polar surface area (TPSA) is 43.4 Å². The lowest BCUT2D eigenvalue weighted by Crippen LogP contribution is -2.53. The van der Waals surface area contributed by atoms with E-state index in [9.17, 15) is 9.59 Å². The van der Waals surface area contributed by atoms with E-state index >= 15 is 0 Å². The van der Waals surface area contributed by atoms with Crippen LogP contribution in [0.1, 0.15) is 52.9 Å². The number of carbonyl (C=O) groups is 2. The van der Waals surface area contributed by atoms with Gasteiger partial charge in [0.2, 0.25) is 0 Å². The van der Waals surface area contributed by atoms with E-state index in [1.807, 2.05) is 6.08 Å². The number of esters is 1. The zero-order valence-electron chi connectivity index (χ0n) is 13.9. The summed E-state index contributed by atoms with van der Waals surface area (Å²) in [6.45, 7) is 7.41. The molecule has 0 bridgehead atoms. The molecule has 0 aromatic heterocycles. The Kier molecular flexibility index (Phi) is 2.93. The lowest BCUT2D eigenvalue weighted by atomic mass is 9.45. The van der Waals surface area contributed by atoms with E-state index in [-0.39, 0.29) is 16.8 Å². The van der Waals surface area contributed by atoms with Gasteiger partial charge in [0.15, 0.2) is 5.78 Å². The highest BCUT2D eigenvalue weighted by atomic mass is 16.5. The Morgan fingerprint density at radius 3 is 2.68 bits per heavy atom. The number of fused-ring (bicyclic) bond motifs is 5. The quantitative estimate of drug-likeness (QED) is 0.643. The van der Waals surface area contributed by atoms with E-state index in [0.29, 0.717) is 42.5 Å². The van der Waals surface area contributed by atoms with Crippen molar-refractivity contribution in [2.24, 2.45) is 34.5 Å². The van der Waals surface area contributed by atoms with Gasteiger partial charge in [-0.3, -0.25) is 9.59 Å². The maximum Gasteiger partial charge on any atom is 0.312 e. The third-order valence-electron chi connectivity index (χ3n) is 7.56. The normalized spacial score (nSPS) is 50.6. The molecule has 0 spiro atoms. The predicted octanol–water partition coefficient (Wildman–Crippen LogP) is 3.53. The number of hydrogen-bond acceptors (Lipinski definition) is 3. The lowest BCUT2D eigenvalue weighted by molar-refractivity contribution is -0.149. The van der Waals surface area contributed by atoms with Crippen LogP contribution in [0.2, 0.25) is 0 Å². The van der Waals surface area contributed by atoms with E-state index in [2.05, 4.69) is 20.8 Å². The fourth-order valence-corrected chi connectivity index (χ4v) is 6.13. The fraction of sp³-hybridized carbons (Fsp3) is 0.789. The Morgan fingerprint density at radius 1 is 1.14 bits per heavy atom. The number of cyclic esters (lactones) is 1. The largest absolute Gasteiger partial charge is 0.465 e. The zero-order valence-corrected chi connectivity index (χ0v) is 13.9. The van der Waals surface area contributed by atoms with Crippen molar-refractivity contribution in [3.05, 3.63) is 11.6 Å². The molecule has 3 nitrogen and oxygen atoms in total. The summed E-state index contributed by atoms with van der Waals surface area (Å²) in [6, 6.07) is 0. The summed E-state index contributed by atoms with van der Waals surface area (Å²) >= 11 is 0. The van der Waals surface area contributed by atoms with Crippen LogP contribution in [0.3, 0.4) is 0 Å². The van der Waals surface area contributed by atoms with E-state index in [1.165, 1.54) is 5.57 Å². The maximum atomic E-state index is 12.2. The smallest absolute Gasteiger partial charge is 0.312 e. The van der Waals surface area contributed by atoms with Crippen molar-refractivity contribution >= 4 is 11.8 Å². The molecule has 0 unspecified atom stereocenters. The molecule has 3 fully saturated rings. The van der Waals surface area contributed by atoms with Crippen LogP contribution in [0.25, 0.3) is 0 Å². The molecule has 3 aliphatic carbocycles. The van der Waals surface area contributed by atoms with Crippen molar-refractivity contribution in [1.29, 1.82) is 0 Å². The molecule has 3 heteroatoms. The first-order valence-electron chi connectivity index (χ1n) is 8.77. The molecule has 22 heavy (non-hydrogen) atoms. The summed E-state index contributed by atoms with van der Waals surface area (Å²) in [4.78, 5) is 24.1. The van der Waals surface area contributed by atoms with E-state index in [0.717, 1.165) is 25.7 Å². The summed E-state index contributed by atoms with van der Waals surface area (Å²) in [7, 11) is 0. The number of allylic oxidation sites excluding steroid dienone is 2. The van der Waals surface area contributed by atoms with Gasteiger partial charge in [-0.05, 0) is 61.9 Å². The Morgan fingerprint density at radius 2 is 1.91 bits per heavy atom. The van der Waals surface area contributed by atoms with E-state index in [1.54, 1.807) is 0 Å². The van der Waals surface area contributed by atoms with Crippen LogP contribution in [0.4, 0.5) is 0 Å². The van der Waals surface area contributed by atoms with Gasteiger partial charge in [0.25, 0.3) is 0 Å². The molecule has 0 aromatic rings. The van der Waals surface area contributed by atoms with Crippen LogP contribution in [0, 0.1) is 34.5 Å². The first-order valence-corrected chi connectivity index (χ1v) is 8.77. The lowest BCUT2D eigenvalue weighted by Gasteiger charge is -2.58. The van der Waals surface area contributed by atoms with Gasteiger partial charge < -0.3 is 4.74 Å². The summed E-state index contributed by atoms with van der Waals surface area (Å²) in [6.07, 6.45) is 6.68. The molecule has 0 radical (unpaired) electrons. The monoisotopic (exact) mass is 302 g/mol. The van der Waals surface area contributed by atoms with Gasteiger partial charge in [-0.15, -0.1) is 0 Å². The predicted molar refractivity (Wildman–Crippen MR) is 83.0 cm³/mol. The van der Waals surface area contributed by atoms with Crippen molar-refractivity contribution in [3.8, 4) is 0 Å². The van der Waals surface area contributed by atoms with Gasteiger partial charge in [-0.25, -0.2) is 0 Å². The third-order valence-corrected chi connectivity index (χ3v) is 7.56. The number of carbonyl (C=O) groups excluding carboxylic acids is 2. The summed E-state index contributed by atoms with van der Waals surface area (Å²) in [5.74, 6) is 2.38. The highest BCUT2D eigenvalue weighted by Gasteiger charge is 2.62. The molecule has 1 saturated heterocycles. The molecule has 1 heterocycles. The number of ether oxygens (including phenoxy) is 1. The molecule has 4 rings (SSSR count). The molecular weight excluding hydrogens is 276 g/mol. The standard InChI is InChI=1S/C19H26O3/c1-11-8-12-9-13(20)4-6-18(12,2)14-5-7-19(3)15(16(11)14)10-22-17(19)21/h9,11,14-16H,4-8,10H2,1-3H3/t11-,14+,15+,16-,18+,19+/m1/s1. The van der Waals surface area contributed by atoms with Gasteiger partial charge in [-0.1, -0.05) is 19.4 Å². The van der Waals surface area contributed by atoms with Crippen molar-refractivity contribution in [3.63, 3.8) is 0 Å². The van der Waals surface area contributed by atoms with Crippen molar-refractivity contribution in [2.45, 2.75) is 52.9 Å². The third kappa shape index (κ3) is 1.68. The van der Waals surface area contributed by atoms with Crippen molar-refractivity contribution < 1.29 is 14.3 Å². The van der Waals surface area contributed by atoms with E-state index in [4.69, 9.17) is 4.74 Å². The summed E-state index contributed by atoms with van der Waals surface area (Å²) in [5.41, 5.74) is 1.28. The van der Waals surface area contributed by atoms with Crippen LogP contribution in [0.15, 0.2) is 11.6 Å². The molecule has 0 amide bonds. The zero-order chi connectivity index (χ0) is 15.7. The van der Waals surface area contributed by atoms with Crippen molar-refractivity contribution in [2.75, 3.05) is 6.61 Å². The minimum atomic E-state index is -0.266. The average molecular weight is 302 g/mol. The van der Waals surface area contributed by atoms with Gasteiger partial charge in [0.05, 0.1) is 12.0 Å². The number of ketones is 1. The highest BCUT2D eigenvalue weighted by Crippen LogP contribution is 2.64. The summed E-state index contributed by atoms with van der Waals surface area (Å²) in [5, 5.41) is 0. The molecule has 1 aliphatic heterocycles. The Bertz CT molecular complexity index is 577. The molecule has 120 valence electrons. The average Bonchev–Trinajstić information content (AvgIpc) is 2.77. The van der Waals surface area contributed by atoms with Gasteiger partial charge >= 0.3 is 5.97 Å². The van der Waals surface area contributed by atoms with Crippen LogP contribution < -0.4 is 0 Å². The molecule has 0 N–H and O–H groups in total. The molecule has 4 aliphatic rings. The summed E-state index contributed by atoms with van der Waals surface area (Å²) < 4.78 is 5.48. The Balaban J connectivity index is 1.75. The van der Waals surface area contributed by atoms with E-state index < -0.39 is 0 Å². The van der Waals surface area contributed by atoms with Crippen LogP contribution in [-0.2, 0) is 14.3 Å². The SMILES string of the molecule is C[C@@H]1CC2=CC(=O)CC[C@]2(C)[C@H]2CC[C@]3(C)C(=O)OC[C@H]3[C@H]12. The molecular formula is C19H26O3. The second-order valence-corrected chi connectivity index (χ2v) is 8.58. The van der Waals surface area contributed by atoms with Crippen LogP contribution in [0.5, 0.6) is 0 Å². The molecule has 2 saturated carbocycles. The Hall–Kier alpha value is -1.12. The van der Waals surface area contributed by atoms with Crippen LogP contribution >= 0.6 is 0 Å².